The SMILES string of the molecule is CC(CCc1ccco1)NC(=O)c1cc(C2CC2)nn1-c1ccccc1. The number of rotatable bonds is 7. The molecule has 1 atom stereocenters. The van der Waals surface area contributed by atoms with Crippen LogP contribution in [-0.4, -0.2) is 21.7 Å². The van der Waals surface area contributed by atoms with Crippen molar-refractivity contribution in [3.63, 3.8) is 0 Å². The smallest absolute Gasteiger partial charge is 0.270 e. The van der Waals surface area contributed by atoms with Crippen molar-refractivity contribution in [2.75, 3.05) is 0 Å². The van der Waals surface area contributed by atoms with Crippen LogP contribution in [0.4, 0.5) is 0 Å². The van der Waals surface area contributed by atoms with Gasteiger partial charge in [0.05, 0.1) is 17.6 Å². The summed E-state index contributed by atoms with van der Waals surface area (Å²) in [5.41, 5.74) is 2.53. The molecule has 1 N–H and O–H groups in total. The van der Waals surface area contributed by atoms with Crippen molar-refractivity contribution in [2.45, 2.75) is 44.6 Å². The monoisotopic (exact) mass is 349 g/mol. The fraction of sp³-hybridized carbons (Fsp3) is 0.333. The minimum atomic E-state index is -0.0832. The van der Waals surface area contributed by atoms with Gasteiger partial charge in [-0.1, -0.05) is 18.2 Å². The number of aryl methyl sites for hydroxylation is 1. The Balaban J connectivity index is 1.49. The number of carbonyl (C=O) groups excluding carboxylic acids is 1. The predicted molar refractivity (Wildman–Crippen MR) is 99.5 cm³/mol. The Hall–Kier alpha value is -2.82. The summed E-state index contributed by atoms with van der Waals surface area (Å²) in [5, 5.41) is 7.80. The molecule has 1 saturated carbocycles. The summed E-state index contributed by atoms with van der Waals surface area (Å²) in [7, 11) is 0. The average Bonchev–Trinajstić information content (AvgIpc) is 3.20. The lowest BCUT2D eigenvalue weighted by Crippen LogP contribution is -2.34. The summed E-state index contributed by atoms with van der Waals surface area (Å²) in [6, 6.07) is 15.7. The maximum atomic E-state index is 12.9. The summed E-state index contributed by atoms with van der Waals surface area (Å²) in [6.45, 7) is 2.02. The van der Waals surface area contributed by atoms with Gasteiger partial charge < -0.3 is 9.73 Å². The molecular weight excluding hydrogens is 326 g/mol. The van der Waals surface area contributed by atoms with Crippen molar-refractivity contribution >= 4 is 5.91 Å². The number of amides is 1. The first-order chi connectivity index (χ1) is 12.7. The molecule has 1 fully saturated rings. The van der Waals surface area contributed by atoms with E-state index in [1.807, 2.05) is 55.5 Å². The third kappa shape index (κ3) is 3.72. The van der Waals surface area contributed by atoms with E-state index in [9.17, 15) is 4.79 Å². The van der Waals surface area contributed by atoms with E-state index >= 15 is 0 Å². The molecule has 134 valence electrons. The second-order valence-electron chi connectivity index (χ2n) is 6.97. The van der Waals surface area contributed by atoms with Gasteiger partial charge in [0.15, 0.2) is 0 Å². The predicted octanol–water partition coefficient (Wildman–Crippen LogP) is 4.09. The van der Waals surface area contributed by atoms with Crippen LogP contribution in [-0.2, 0) is 6.42 Å². The van der Waals surface area contributed by atoms with Crippen molar-refractivity contribution in [1.82, 2.24) is 15.1 Å². The Bertz CT molecular complexity index is 864. The molecule has 0 spiro atoms. The fourth-order valence-corrected chi connectivity index (χ4v) is 3.09. The molecule has 5 heteroatoms. The van der Waals surface area contributed by atoms with Crippen LogP contribution in [0.3, 0.4) is 0 Å². The van der Waals surface area contributed by atoms with Gasteiger partial charge in [-0.25, -0.2) is 4.68 Å². The topological polar surface area (TPSA) is 60.1 Å². The Morgan fingerprint density at radius 2 is 2.08 bits per heavy atom. The maximum absolute atomic E-state index is 12.9. The molecule has 3 aromatic rings. The van der Waals surface area contributed by atoms with E-state index < -0.39 is 0 Å². The molecule has 2 aromatic heterocycles. The molecule has 1 aromatic carbocycles. The van der Waals surface area contributed by atoms with Gasteiger partial charge in [-0.15, -0.1) is 0 Å². The minimum absolute atomic E-state index is 0.0519. The van der Waals surface area contributed by atoms with Crippen molar-refractivity contribution in [2.24, 2.45) is 0 Å². The van der Waals surface area contributed by atoms with Crippen LogP contribution >= 0.6 is 0 Å². The van der Waals surface area contributed by atoms with E-state index in [0.717, 1.165) is 42.8 Å². The number of hydrogen-bond acceptors (Lipinski definition) is 3. The van der Waals surface area contributed by atoms with Crippen LogP contribution in [0.25, 0.3) is 5.69 Å². The number of carbonyl (C=O) groups is 1. The zero-order valence-electron chi connectivity index (χ0n) is 14.9. The molecule has 4 rings (SSSR count). The normalized spacial score (nSPS) is 15.0. The molecule has 0 bridgehead atoms. The highest BCUT2D eigenvalue weighted by atomic mass is 16.3. The molecule has 0 aliphatic heterocycles. The van der Waals surface area contributed by atoms with Crippen LogP contribution < -0.4 is 5.32 Å². The molecule has 5 nitrogen and oxygen atoms in total. The first-order valence-corrected chi connectivity index (χ1v) is 9.19. The third-order valence-corrected chi connectivity index (χ3v) is 4.74. The van der Waals surface area contributed by atoms with E-state index in [1.165, 1.54) is 0 Å². The molecule has 1 aliphatic carbocycles. The number of para-hydroxylation sites is 1. The number of nitrogens with one attached hydrogen (secondary N) is 1. The highest BCUT2D eigenvalue weighted by Gasteiger charge is 2.29. The molecule has 1 amide bonds. The number of nitrogens with zero attached hydrogens (tertiary/aromatic N) is 2. The van der Waals surface area contributed by atoms with Crippen molar-refractivity contribution in [3.8, 4) is 5.69 Å². The van der Waals surface area contributed by atoms with E-state index in [4.69, 9.17) is 9.52 Å². The van der Waals surface area contributed by atoms with Crippen molar-refractivity contribution in [3.05, 3.63) is 71.9 Å². The summed E-state index contributed by atoms with van der Waals surface area (Å²) in [5.74, 6) is 1.36. The quantitative estimate of drug-likeness (QED) is 0.699. The Labute approximate surface area is 153 Å². The van der Waals surface area contributed by atoms with Crippen LogP contribution in [0, 0.1) is 0 Å². The van der Waals surface area contributed by atoms with E-state index in [1.54, 1.807) is 10.9 Å². The lowest BCUT2D eigenvalue weighted by molar-refractivity contribution is 0.0930. The summed E-state index contributed by atoms with van der Waals surface area (Å²) >= 11 is 0. The van der Waals surface area contributed by atoms with Gasteiger partial charge in [0.1, 0.15) is 11.5 Å². The van der Waals surface area contributed by atoms with Gasteiger partial charge in [-0.05, 0) is 56.5 Å². The summed E-state index contributed by atoms with van der Waals surface area (Å²) in [6.07, 6.45) is 5.63. The largest absolute Gasteiger partial charge is 0.469 e. The fourth-order valence-electron chi connectivity index (χ4n) is 3.09. The van der Waals surface area contributed by atoms with Crippen LogP contribution in [0.15, 0.2) is 59.2 Å². The Kier molecular flexibility index (Phi) is 4.61. The zero-order valence-corrected chi connectivity index (χ0v) is 14.9. The standard InChI is InChI=1S/C21H23N3O2/c1-15(9-12-18-8-5-13-26-18)22-21(25)20-14-19(16-10-11-16)23-24(20)17-6-3-2-4-7-17/h2-8,13-16H,9-12H2,1H3,(H,22,25). The second-order valence-corrected chi connectivity index (χ2v) is 6.97. The van der Waals surface area contributed by atoms with Crippen molar-refractivity contribution < 1.29 is 9.21 Å². The lowest BCUT2D eigenvalue weighted by Gasteiger charge is -2.14. The molecule has 26 heavy (non-hydrogen) atoms. The van der Waals surface area contributed by atoms with Gasteiger partial charge >= 0.3 is 0 Å². The van der Waals surface area contributed by atoms with Crippen molar-refractivity contribution in [1.29, 1.82) is 0 Å². The second kappa shape index (κ2) is 7.20. The van der Waals surface area contributed by atoms with Crippen LogP contribution in [0.5, 0.6) is 0 Å². The van der Waals surface area contributed by atoms with E-state index in [2.05, 4.69) is 5.32 Å². The van der Waals surface area contributed by atoms with E-state index in [-0.39, 0.29) is 11.9 Å². The summed E-state index contributed by atoms with van der Waals surface area (Å²) < 4.78 is 7.13. The number of aromatic nitrogens is 2. The van der Waals surface area contributed by atoms with Gasteiger partial charge in [0.2, 0.25) is 0 Å². The zero-order chi connectivity index (χ0) is 17.9. The summed E-state index contributed by atoms with van der Waals surface area (Å²) in [4.78, 5) is 12.9. The van der Waals surface area contributed by atoms with Gasteiger partial charge in [-0.2, -0.15) is 5.10 Å². The molecule has 1 unspecified atom stereocenters. The Morgan fingerprint density at radius 3 is 2.77 bits per heavy atom. The molecule has 1 aliphatic rings. The molecule has 0 saturated heterocycles. The molecular formula is C21H23N3O2. The Morgan fingerprint density at radius 1 is 1.27 bits per heavy atom. The van der Waals surface area contributed by atoms with Crippen LogP contribution in [0.2, 0.25) is 0 Å². The van der Waals surface area contributed by atoms with Gasteiger partial charge in [0.25, 0.3) is 5.91 Å². The van der Waals surface area contributed by atoms with Gasteiger partial charge in [0, 0.05) is 18.4 Å². The first-order valence-electron chi connectivity index (χ1n) is 9.19. The molecule has 2 heterocycles. The highest BCUT2D eigenvalue weighted by Crippen LogP contribution is 2.39. The maximum Gasteiger partial charge on any atom is 0.270 e. The average molecular weight is 349 g/mol. The molecule has 0 radical (unpaired) electrons. The number of benzene rings is 1. The first kappa shape index (κ1) is 16.6. The third-order valence-electron chi connectivity index (χ3n) is 4.74. The van der Waals surface area contributed by atoms with Gasteiger partial charge in [-0.3, -0.25) is 4.79 Å². The van der Waals surface area contributed by atoms with E-state index in [0.29, 0.717) is 11.6 Å². The van der Waals surface area contributed by atoms with Crippen LogP contribution in [0.1, 0.15) is 54.0 Å². The number of hydrogen-bond donors (Lipinski definition) is 1. The highest BCUT2D eigenvalue weighted by molar-refractivity contribution is 5.93. The number of furan rings is 1. The minimum Gasteiger partial charge on any atom is -0.469 e. The lowest BCUT2D eigenvalue weighted by atomic mass is 10.1.